The number of hydrogen-bond donors (Lipinski definition) is 0. The summed E-state index contributed by atoms with van der Waals surface area (Å²) in [5, 5.41) is 0. The van der Waals surface area contributed by atoms with Gasteiger partial charge in [0.25, 0.3) is 0 Å². The molecule has 0 aliphatic rings. The molecule has 0 atom stereocenters. The van der Waals surface area contributed by atoms with Crippen LogP contribution in [0.4, 0.5) is 0 Å². The molecule has 0 fully saturated rings. The molecule has 0 saturated heterocycles. The first-order chi connectivity index (χ1) is 9.83. The Morgan fingerprint density at radius 1 is 1.05 bits per heavy atom. The second-order valence-corrected chi connectivity index (χ2v) is 4.20. The Hall–Kier alpha value is -2.11. The number of allylic oxidation sites excluding steroid dienone is 2. The fourth-order valence-electron chi connectivity index (χ4n) is 1.44. The first kappa shape index (κ1) is 18.9. The first-order valence-electron chi connectivity index (χ1n) is 6.71. The van der Waals surface area contributed by atoms with Gasteiger partial charge in [0.1, 0.15) is 5.76 Å². The van der Waals surface area contributed by atoms with Crippen molar-refractivity contribution in [1.82, 2.24) is 0 Å². The molecule has 0 N–H and O–H groups in total. The molecule has 0 radical (unpaired) electrons. The summed E-state index contributed by atoms with van der Waals surface area (Å²) >= 11 is 0. The molecule has 0 aliphatic carbocycles. The summed E-state index contributed by atoms with van der Waals surface area (Å²) in [5.74, 6) is -2.63. The number of esters is 3. The van der Waals surface area contributed by atoms with Crippen molar-refractivity contribution >= 4 is 17.9 Å². The molecule has 0 unspecified atom stereocenters. The van der Waals surface area contributed by atoms with Gasteiger partial charge in [-0.25, -0.2) is 0 Å². The summed E-state index contributed by atoms with van der Waals surface area (Å²) in [6.45, 7) is 10.2. The van der Waals surface area contributed by atoms with Crippen molar-refractivity contribution in [1.29, 1.82) is 0 Å². The summed E-state index contributed by atoms with van der Waals surface area (Å²) < 4.78 is 14.5. The Morgan fingerprint density at radius 2 is 1.52 bits per heavy atom. The summed E-state index contributed by atoms with van der Waals surface area (Å²) in [6, 6.07) is 0. The Morgan fingerprint density at radius 3 is 1.90 bits per heavy atom. The van der Waals surface area contributed by atoms with E-state index in [1.807, 2.05) is 0 Å². The van der Waals surface area contributed by atoms with Crippen LogP contribution in [0.25, 0.3) is 0 Å². The third kappa shape index (κ3) is 7.29. The first-order valence-corrected chi connectivity index (χ1v) is 6.71. The van der Waals surface area contributed by atoms with E-state index < -0.39 is 23.8 Å². The minimum Gasteiger partial charge on any atom is -0.465 e. The van der Waals surface area contributed by atoms with Crippen LogP contribution in [-0.2, 0) is 28.6 Å². The van der Waals surface area contributed by atoms with Gasteiger partial charge in [0.15, 0.2) is 5.92 Å². The van der Waals surface area contributed by atoms with Crippen molar-refractivity contribution in [3.8, 4) is 0 Å². The van der Waals surface area contributed by atoms with Crippen LogP contribution in [-0.4, -0.2) is 31.1 Å². The predicted octanol–water partition coefficient (Wildman–Crippen LogP) is 2.14. The highest BCUT2D eigenvalue weighted by atomic mass is 16.6. The predicted molar refractivity (Wildman–Crippen MR) is 76.0 cm³/mol. The molecule has 0 amide bonds. The van der Waals surface area contributed by atoms with Crippen molar-refractivity contribution < 1.29 is 28.6 Å². The maximum Gasteiger partial charge on any atom is 0.320 e. The molecule has 21 heavy (non-hydrogen) atoms. The van der Waals surface area contributed by atoms with E-state index in [1.165, 1.54) is 6.92 Å². The number of rotatable bonds is 8. The van der Waals surface area contributed by atoms with Gasteiger partial charge in [0, 0.05) is 6.92 Å². The van der Waals surface area contributed by atoms with Crippen LogP contribution >= 0.6 is 0 Å². The molecule has 0 aliphatic heterocycles. The molecule has 6 nitrogen and oxygen atoms in total. The second kappa shape index (κ2) is 9.74. The van der Waals surface area contributed by atoms with Gasteiger partial charge in [-0.15, -0.1) is 0 Å². The lowest BCUT2D eigenvalue weighted by Gasteiger charge is -2.13. The molecule has 0 heterocycles. The van der Waals surface area contributed by atoms with Crippen LogP contribution in [0.5, 0.6) is 0 Å². The SMILES string of the molecule is C=C(OC(C)=O)/C(C)=C/CC(C(=O)OCC)C(=O)OCC. The van der Waals surface area contributed by atoms with Gasteiger partial charge in [-0.2, -0.15) is 0 Å². The van der Waals surface area contributed by atoms with Gasteiger partial charge >= 0.3 is 17.9 Å². The van der Waals surface area contributed by atoms with E-state index in [2.05, 4.69) is 6.58 Å². The lowest BCUT2D eigenvalue weighted by Crippen LogP contribution is -2.27. The van der Waals surface area contributed by atoms with Crippen LogP contribution in [0.3, 0.4) is 0 Å². The fourth-order valence-corrected chi connectivity index (χ4v) is 1.44. The Kier molecular flexibility index (Phi) is 8.76. The van der Waals surface area contributed by atoms with Gasteiger partial charge in [-0.1, -0.05) is 12.7 Å². The van der Waals surface area contributed by atoms with Gasteiger partial charge in [0.2, 0.25) is 0 Å². The molecule has 0 saturated carbocycles. The summed E-state index contributed by atoms with van der Waals surface area (Å²) in [6.07, 6.45) is 1.67. The van der Waals surface area contributed by atoms with E-state index in [-0.39, 0.29) is 25.4 Å². The highest BCUT2D eigenvalue weighted by Gasteiger charge is 2.28. The van der Waals surface area contributed by atoms with Crippen LogP contribution in [0.2, 0.25) is 0 Å². The summed E-state index contributed by atoms with van der Waals surface area (Å²) in [5.41, 5.74) is 0.559. The molecule has 6 heteroatoms. The van der Waals surface area contributed by atoms with Crippen molar-refractivity contribution in [2.75, 3.05) is 13.2 Å². The Balaban J connectivity index is 4.88. The minimum atomic E-state index is -1.04. The third-order valence-electron chi connectivity index (χ3n) is 2.51. The lowest BCUT2D eigenvalue weighted by molar-refractivity contribution is -0.161. The smallest absolute Gasteiger partial charge is 0.320 e. The Bertz CT molecular complexity index is 417. The Labute approximate surface area is 124 Å². The number of carbonyl (C=O) groups is 3. The molecule has 118 valence electrons. The third-order valence-corrected chi connectivity index (χ3v) is 2.51. The van der Waals surface area contributed by atoms with Gasteiger partial charge in [-0.3, -0.25) is 14.4 Å². The van der Waals surface area contributed by atoms with E-state index in [1.54, 1.807) is 26.8 Å². The highest BCUT2D eigenvalue weighted by molar-refractivity contribution is 5.95. The number of hydrogen-bond acceptors (Lipinski definition) is 6. The highest BCUT2D eigenvalue weighted by Crippen LogP contribution is 2.15. The van der Waals surface area contributed by atoms with Crippen molar-refractivity contribution in [3.63, 3.8) is 0 Å². The normalized spacial score (nSPS) is 11.0. The average Bonchev–Trinajstić information content (AvgIpc) is 2.38. The molecular weight excluding hydrogens is 276 g/mol. The maximum atomic E-state index is 11.8. The largest absolute Gasteiger partial charge is 0.465 e. The van der Waals surface area contributed by atoms with Crippen LogP contribution in [0.15, 0.2) is 24.0 Å². The molecule has 0 bridgehead atoms. The minimum absolute atomic E-state index is 0.0871. The van der Waals surface area contributed by atoms with Gasteiger partial charge < -0.3 is 14.2 Å². The zero-order valence-corrected chi connectivity index (χ0v) is 12.9. The summed E-state index contributed by atoms with van der Waals surface area (Å²) in [4.78, 5) is 34.3. The lowest BCUT2D eigenvalue weighted by atomic mass is 10.0. The van der Waals surface area contributed by atoms with E-state index in [4.69, 9.17) is 14.2 Å². The van der Waals surface area contributed by atoms with Crippen LogP contribution < -0.4 is 0 Å². The maximum absolute atomic E-state index is 11.8. The zero-order chi connectivity index (χ0) is 16.4. The molecule has 0 spiro atoms. The molecule has 0 aromatic heterocycles. The van der Waals surface area contributed by atoms with Crippen LogP contribution in [0, 0.1) is 5.92 Å². The molecule has 0 aromatic carbocycles. The van der Waals surface area contributed by atoms with E-state index in [0.29, 0.717) is 5.57 Å². The number of carbonyl (C=O) groups excluding carboxylic acids is 3. The van der Waals surface area contributed by atoms with Crippen molar-refractivity contribution in [3.05, 3.63) is 24.0 Å². The average molecular weight is 298 g/mol. The second-order valence-electron chi connectivity index (χ2n) is 4.20. The fraction of sp³-hybridized carbons (Fsp3) is 0.533. The van der Waals surface area contributed by atoms with E-state index >= 15 is 0 Å². The van der Waals surface area contributed by atoms with Crippen molar-refractivity contribution in [2.45, 2.75) is 34.1 Å². The van der Waals surface area contributed by atoms with Gasteiger partial charge in [0.05, 0.1) is 13.2 Å². The van der Waals surface area contributed by atoms with Crippen molar-refractivity contribution in [2.24, 2.45) is 5.92 Å². The summed E-state index contributed by atoms with van der Waals surface area (Å²) in [7, 11) is 0. The number of ether oxygens (including phenoxy) is 3. The van der Waals surface area contributed by atoms with E-state index in [0.717, 1.165) is 0 Å². The molecule has 0 rings (SSSR count). The molecular formula is C15H22O6. The molecule has 0 aromatic rings. The quantitative estimate of drug-likeness (QED) is 0.224. The van der Waals surface area contributed by atoms with Crippen LogP contribution in [0.1, 0.15) is 34.1 Å². The van der Waals surface area contributed by atoms with E-state index in [9.17, 15) is 14.4 Å². The standard InChI is InChI=1S/C15H22O6/c1-6-19-14(17)13(15(18)20-7-2)9-8-10(3)11(4)21-12(5)16/h8,13H,4,6-7,9H2,1-3,5H3/b10-8+. The van der Waals surface area contributed by atoms with Gasteiger partial charge in [-0.05, 0) is 32.8 Å². The topological polar surface area (TPSA) is 78.9 Å². The zero-order valence-electron chi connectivity index (χ0n) is 12.9. The monoisotopic (exact) mass is 298 g/mol.